The van der Waals surface area contributed by atoms with E-state index in [0.29, 0.717) is 11.3 Å². The monoisotopic (exact) mass is 505 g/mol. The van der Waals surface area contributed by atoms with Gasteiger partial charge in [-0.15, -0.1) is 0 Å². The first-order valence-corrected chi connectivity index (χ1v) is 11.1. The number of nitrogens with zero attached hydrogens (tertiary/aromatic N) is 1. The highest BCUT2D eigenvalue weighted by molar-refractivity contribution is 6.41. The highest BCUT2D eigenvalue weighted by Crippen LogP contribution is 2.28. The van der Waals surface area contributed by atoms with Gasteiger partial charge in [-0.3, -0.25) is 9.59 Å². The summed E-state index contributed by atoms with van der Waals surface area (Å²) in [6.45, 7) is 0. The van der Waals surface area contributed by atoms with Crippen LogP contribution in [-0.2, 0) is 9.59 Å². The summed E-state index contributed by atoms with van der Waals surface area (Å²) in [5.41, 5.74) is 3.09. The summed E-state index contributed by atoms with van der Waals surface area (Å²) in [6.07, 6.45) is 1.30. The number of hydrogen-bond donors (Lipinski definition) is 2. The largest absolute Gasteiger partial charge is 0.422 e. The highest BCUT2D eigenvalue weighted by Gasteiger charge is 2.17. The summed E-state index contributed by atoms with van der Waals surface area (Å²) in [7, 11) is 0. The molecule has 4 aromatic carbocycles. The Kier molecular flexibility index (Phi) is 7.40. The highest BCUT2D eigenvalue weighted by atomic mass is 35.5. The molecule has 2 N–H and O–H groups in total. The summed E-state index contributed by atoms with van der Waals surface area (Å²) < 4.78 is 5.60. The number of nitrogens with one attached hydrogen (secondary N) is 2. The zero-order chi connectivity index (χ0) is 24.8. The molecule has 0 atom stereocenters. The third-order valence-electron chi connectivity index (χ3n) is 4.92. The molecule has 0 aliphatic carbocycles. The molecule has 174 valence electrons. The average Bonchev–Trinajstić information content (AvgIpc) is 2.86. The standard InChI is InChI=1S/C26H17Cl2N3O4/c27-20-10-4-3-9-18(20)26(34)35-23-14-13-16-7-1-2-8-17(16)19(23)15-29-31-25(33)24(32)30-22-12-6-5-11-21(22)28/h1-15H,(H,30,32)(H,31,33)/b29-15+. The van der Waals surface area contributed by atoms with Crippen molar-refractivity contribution in [2.45, 2.75) is 0 Å². The third kappa shape index (κ3) is 5.66. The smallest absolute Gasteiger partial charge is 0.345 e. The lowest BCUT2D eigenvalue weighted by Crippen LogP contribution is -2.32. The van der Waals surface area contributed by atoms with E-state index in [1.165, 1.54) is 6.21 Å². The van der Waals surface area contributed by atoms with Crippen LogP contribution in [0.15, 0.2) is 90.0 Å². The van der Waals surface area contributed by atoms with Crippen LogP contribution in [-0.4, -0.2) is 24.0 Å². The number of amides is 2. The minimum atomic E-state index is -1.00. The van der Waals surface area contributed by atoms with E-state index in [4.69, 9.17) is 27.9 Å². The molecule has 0 aromatic heterocycles. The number of carbonyl (C=O) groups is 3. The van der Waals surface area contributed by atoms with Gasteiger partial charge in [0, 0.05) is 5.56 Å². The van der Waals surface area contributed by atoms with Crippen molar-refractivity contribution >= 4 is 63.7 Å². The first-order valence-electron chi connectivity index (χ1n) is 10.3. The topological polar surface area (TPSA) is 96.9 Å². The van der Waals surface area contributed by atoms with Gasteiger partial charge in [0.15, 0.2) is 0 Å². The lowest BCUT2D eigenvalue weighted by molar-refractivity contribution is -0.136. The quantitative estimate of drug-likeness (QED) is 0.124. The Labute approximate surface area is 210 Å². The van der Waals surface area contributed by atoms with Crippen molar-refractivity contribution in [1.29, 1.82) is 0 Å². The van der Waals surface area contributed by atoms with Gasteiger partial charge in [-0.2, -0.15) is 5.10 Å². The molecule has 35 heavy (non-hydrogen) atoms. The number of rotatable bonds is 5. The van der Waals surface area contributed by atoms with Crippen LogP contribution >= 0.6 is 23.2 Å². The van der Waals surface area contributed by atoms with Crippen molar-refractivity contribution in [2.75, 3.05) is 5.32 Å². The number of para-hydroxylation sites is 1. The predicted octanol–water partition coefficient (Wildman–Crippen LogP) is 5.45. The van der Waals surface area contributed by atoms with E-state index >= 15 is 0 Å². The van der Waals surface area contributed by atoms with Crippen LogP contribution < -0.4 is 15.5 Å². The molecular formula is C26H17Cl2N3O4. The Hall–Kier alpha value is -4.20. The van der Waals surface area contributed by atoms with Crippen LogP contribution in [0.25, 0.3) is 10.8 Å². The van der Waals surface area contributed by atoms with Gasteiger partial charge in [-0.1, -0.05) is 77.8 Å². The van der Waals surface area contributed by atoms with Crippen LogP contribution in [0.2, 0.25) is 10.0 Å². The fraction of sp³-hybridized carbons (Fsp3) is 0. The van der Waals surface area contributed by atoms with Crippen molar-refractivity contribution in [1.82, 2.24) is 5.43 Å². The van der Waals surface area contributed by atoms with Gasteiger partial charge in [-0.25, -0.2) is 10.2 Å². The number of carbonyl (C=O) groups excluding carboxylic acids is 3. The van der Waals surface area contributed by atoms with Crippen molar-refractivity contribution in [2.24, 2.45) is 5.10 Å². The molecular weight excluding hydrogens is 489 g/mol. The molecule has 4 rings (SSSR count). The van der Waals surface area contributed by atoms with E-state index in [1.54, 1.807) is 60.7 Å². The van der Waals surface area contributed by atoms with Crippen LogP contribution in [0.3, 0.4) is 0 Å². The predicted molar refractivity (Wildman–Crippen MR) is 136 cm³/mol. The van der Waals surface area contributed by atoms with Gasteiger partial charge in [0.05, 0.1) is 27.5 Å². The van der Waals surface area contributed by atoms with Gasteiger partial charge in [0.25, 0.3) is 0 Å². The molecule has 0 radical (unpaired) electrons. The zero-order valence-corrected chi connectivity index (χ0v) is 19.5. The van der Waals surface area contributed by atoms with Gasteiger partial charge in [0.1, 0.15) is 5.75 Å². The SMILES string of the molecule is O=C(N/N=C/c1c(OC(=O)c2ccccc2Cl)ccc2ccccc12)C(=O)Nc1ccccc1Cl. The Morgan fingerprint density at radius 2 is 1.46 bits per heavy atom. The van der Waals surface area contributed by atoms with E-state index in [1.807, 2.05) is 24.3 Å². The zero-order valence-electron chi connectivity index (χ0n) is 18.0. The fourth-order valence-electron chi connectivity index (χ4n) is 3.23. The van der Waals surface area contributed by atoms with Crippen LogP contribution in [0.1, 0.15) is 15.9 Å². The third-order valence-corrected chi connectivity index (χ3v) is 5.57. The molecule has 0 fully saturated rings. The summed E-state index contributed by atoms with van der Waals surface area (Å²) in [5.74, 6) is -2.40. The van der Waals surface area contributed by atoms with E-state index in [2.05, 4.69) is 15.8 Å². The number of halogens is 2. The number of benzene rings is 4. The number of hydrazone groups is 1. The van der Waals surface area contributed by atoms with Crippen molar-refractivity contribution in [3.8, 4) is 5.75 Å². The molecule has 0 saturated heterocycles. The maximum atomic E-state index is 12.7. The molecule has 2 amide bonds. The molecule has 4 aromatic rings. The number of hydrogen-bond acceptors (Lipinski definition) is 5. The average molecular weight is 506 g/mol. The van der Waals surface area contributed by atoms with Crippen molar-refractivity contribution in [3.63, 3.8) is 0 Å². The fourth-order valence-corrected chi connectivity index (χ4v) is 3.62. The van der Waals surface area contributed by atoms with Crippen molar-refractivity contribution in [3.05, 3.63) is 106 Å². The van der Waals surface area contributed by atoms with E-state index in [-0.39, 0.29) is 21.4 Å². The van der Waals surface area contributed by atoms with E-state index in [0.717, 1.165) is 10.8 Å². The summed E-state index contributed by atoms with van der Waals surface area (Å²) in [5, 5.41) is 8.43. The molecule has 7 nitrogen and oxygen atoms in total. The second-order valence-corrected chi connectivity index (χ2v) is 8.02. The Morgan fingerprint density at radius 1 is 0.771 bits per heavy atom. The van der Waals surface area contributed by atoms with Crippen LogP contribution in [0.5, 0.6) is 5.75 Å². The molecule has 0 aliphatic heterocycles. The molecule has 9 heteroatoms. The summed E-state index contributed by atoms with van der Waals surface area (Å²) >= 11 is 12.1. The van der Waals surface area contributed by atoms with Crippen LogP contribution in [0, 0.1) is 0 Å². The first kappa shape index (κ1) is 23.9. The first-order chi connectivity index (χ1) is 16.9. The maximum absolute atomic E-state index is 12.7. The summed E-state index contributed by atoms with van der Waals surface area (Å²) in [4.78, 5) is 37.1. The molecule has 0 saturated carbocycles. The number of fused-ring (bicyclic) bond motifs is 1. The van der Waals surface area contributed by atoms with Gasteiger partial charge >= 0.3 is 17.8 Å². The lowest BCUT2D eigenvalue weighted by atomic mass is 10.0. The second-order valence-electron chi connectivity index (χ2n) is 7.20. The molecule has 0 heterocycles. The molecule has 0 bridgehead atoms. The Morgan fingerprint density at radius 3 is 2.23 bits per heavy atom. The number of anilines is 1. The molecule has 0 aliphatic rings. The number of esters is 1. The normalized spacial score (nSPS) is 10.8. The summed E-state index contributed by atoms with van der Waals surface area (Å²) in [6, 6.07) is 23.8. The van der Waals surface area contributed by atoms with Gasteiger partial charge in [0.2, 0.25) is 0 Å². The Bertz CT molecular complexity index is 1470. The van der Waals surface area contributed by atoms with E-state index in [9.17, 15) is 14.4 Å². The van der Waals surface area contributed by atoms with Crippen LogP contribution in [0.4, 0.5) is 5.69 Å². The second kappa shape index (κ2) is 10.8. The van der Waals surface area contributed by atoms with Gasteiger partial charge in [-0.05, 0) is 41.1 Å². The van der Waals surface area contributed by atoms with Crippen molar-refractivity contribution < 1.29 is 19.1 Å². The van der Waals surface area contributed by atoms with Gasteiger partial charge < -0.3 is 10.1 Å². The maximum Gasteiger partial charge on any atom is 0.345 e. The minimum absolute atomic E-state index is 0.201. The minimum Gasteiger partial charge on any atom is -0.422 e. The van der Waals surface area contributed by atoms with E-state index < -0.39 is 17.8 Å². The number of ether oxygens (including phenoxy) is 1. The molecule has 0 spiro atoms. The molecule has 0 unspecified atom stereocenters. The Balaban J connectivity index is 1.56. The lowest BCUT2D eigenvalue weighted by Gasteiger charge is -2.11.